The van der Waals surface area contributed by atoms with Crippen LogP contribution in [0.4, 0.5) is 0 Å². The highest BCUT2D eigenvalue weighted by Crippen LogP contribution is 2.81. The summed E-state index contributed by atoms with van der Waals surface area (Å²) in [4.78, 5) is 48.8. The molecule has 1 unspecified atom stereocenters. The minimum Gasteiger partial charge on any atom is -0.496 e. The summed E-state index contributed by atoms with van der Waals surface area (Å²) >= 11 is 0. The SMILES string of the molecule is COc1c(CN2O[C@@H](CO)[C@@H](C(C)=O)[C@H]2C(=O)N[C@@]23C[C@H]4C2[C@@H]([C@@H]3C)C4(C)C)cccc1-c1cc2c(c(C(=O)NCCN(C)C)c1)OCC2. The molecule has 0 spiro atoms. The van der Waals surface area contributed by atoms with Crippen molar-refractivity contribution in [2.45, 2.75) is 64.8 Å². The lowest BCUT2D eigenvalue weighted by molar-refractivity contribution is -0.349. The average Bonchev–Trinajstić information content (AvgIpc) is 3.68. The number of hydrogen-bond donors (Lipinski definition) is 3. The Morgan fingerprint density at radius 3 is 2.59 bits per heavy atom. The third kappa shape index (κ3) is 5.18. The van der Waals surface area contributed by atoms with Gasteiger partial charge in [0.05, 0.1) is 38.3 Å². The Hall–Kier alpha value is -3.51. The second-order valence-electron chi connectivity index (χ2n) is 15.7. The van der Waals surface area contributed by atoms with E-state index in [2.05, 4.69) is 31.4 Å². The normalized spacial score (nSPS) is 31.8. The lowest BCUT2D eigenvalue weighted by Crippen LogP contribution is -2.90. The zero-order chi connectivity index (χ0) is 35.0. The third-order valence-corrected chi connectivity index (χ3v) is 12.5. The van der Waals surface area contributed by atoms with Gasteiger partial charge in [-0.15, -0.1) is 0 Å². The smallest absolute Gasteiger partial charge is 0.255 e. The first-order valence-corrected chi connectivity index (χ1v) is 17.6. The number of fused-ring (bicyclic) bond motifs is 1. The van der Waals surface area contributed by atoms with E-state index in [-0.39, 0.29) is 36.3 Å². The molecule has 11 nitrogen and oxygen atoms in total. The number of para-hydroxylation sites is 1. The maximum atomic E-state index is 14.3. The van der Waals surface area contributed by atoms with Crippen LogP contribution in [0.1, 0.15) is 55.6 Å². The summed E-state index contributed by atoms with van der Waals surface area (Å²) in [6, 6.07) is 8.73. The van der Waals surface area contributed by atoms with Crippen LogP contribution in [0.25, 0.3) is 11.1 Å². The van der Waals surface area contributed by atoms with E-state index in [0.29, 0.717) is 72.3 Å². The molecule has 5 aliphatic rings. The van der Waals surface area contributed by atoms with Crippen molar-refractivity contribution in [1.82, 2.24) is 20.6 Å². The zero-order valence-electron chi connectivity index (χ0n) is 29.7. The second-order valence-corrected chi connectivity index (χ2v) is 15.7. The van der Waals surface area contributed by atoms with Crippen molar-refractivity contribution in [3.63, 3.8) is 0 Å². The first-order chi connectivity index (χ1) is 23.3. The van der Waals surface area contributed by atoms with Gasteiger partial charge < -0.3 is 30.1 Å². The number of nitrogens with one attached hydrogen (secondary N) is 2. The van der Waals surface area contributed by atoms with E-state index in [1.807, 2.05) is 49.3 Å². The molecule has 3 aliphatic carbocycles. The Morgan fingerprint density at radius 2 is 1.94 bits per heavy atom. The van der Waals surface area contributed by atoms with Gasteiger partial charge in [0.1, 0.15) is 29.4 Å². The highest BCUT2D eigenvalue weighted by atomic mass is 16.7. The molecule has 2 aromatic rings. The van der Waals surface area contributed by atoms with Crippen LogP contribution in [0.5, 0.6) is 11.5 Å². The molecule has 2 aliphatic heterocycles. The molecule has 0 radical (unpaired) electrons. The lowest BCUT2D eigenvalue weighted by Gasteiger charge is -2.86. The Kier molecular flexibility index (Phi) is 8.57. The number of ketones is 1. The van der Waals surface area contributed by atoms with E-state index in [0.717, 1.165) is 28.7 Å². The molecule has 49 heavy (non-hydrogen) atoms. The van der Waals surface area contributed by atoms with Crippen molar-refractivity contribution in [2.24, 2.45) is 35.0 Å². The van der Waals surface area contributed by atoms with Crippen LogP contribution >= 0.6 is 0 Å². The van der Waals surface area contributed by atoms with Gasteiger partial charge in [-0.05, 0) is 79.8 Å². The molecule has 2 aromatic carbocycles. The fourth-order valence-corrected chi connectivity index (χ4v) is 10.1. The largest absolute Gasteiger partial charge is 0.496 e. The lowest BCUT2D eigenvalue weighted by atomic mass is 9.21. The number of methoxy groups -OCH3 is 1. The first-order valence-electron chi connectivity index (χ1n) is 17.6. The van der Waals surface area contributed by atoms with E-state index < -0.39 is 18.1 Å². The number of nitrogens with zero attached hydrogens (tertiary/aromatic N) is 2. The maximum Gasteiger partial charge on any atom is 0.255 e. The molecule has 3 saturated carbocycles. The molecule has 11 heteroatoms. The van der Waals surface area contributed by atoms with Gasteiger partial charge in [0.25, 0.3) is 5.91 Å². The summed E-state index contributed by atoms with van der Waals surface area (Å²) in [6.45, 7) is 9.85. The summed E-state index contributed by atoms with van der Waals surface area (Å²) < 4.78 is 11.9. The van der Waals surface area contributed by atoms with Crippen molar-refractivity contribution < 1.29 is 33.8 Å². The van der Waals surface area contributed by atoms with Gasteiger partial charge in [-0.25, -0.2) is 0 Å². The van der Waals surface area contributed by atoms with Gasteiger partial charge in [0, 0.05) is 36.2 Å². The van der Waals surface area contributed by atoms with Crippen molar-refractivity contribution in [1.29, 1.82) is 0 Å². The van der Waals surface area contributed by atoms with Crippen LogP contribution < -0.4 is 20.1 Å². The van der Waals surface area contributed by atoms with E-state index in [9.17, 15) is 19.5 Å². The molecule has 3 N–H and O–H groups in total. The molecular formula is C38H50N4O7. The second kappa shape index (κ2) is 12.4. The Labute approximate surface area is 288 Å². The van der Waals surface area contributed by atoms with E-state index in [1.54, 1.807) is 12.2 Å². The van der Waals surface area contributed by atoms with Gasteiger partial charge >= 0.3 is 0 Å². The van der Waals surface area contributed by atoms with Gasteiger partial charge in [-0.1, -0.05) is 39.0 Å². The Balaban J connectivity index is 1.17. The molecule has 7 rings (SSSR count). The van der Waals surface area contributed by atoms with Crippen LogP contribution in [0.3, 0.4) is 0 Å². The number of hydrogen-bond acceptors (Lipinski definition) is 9. The number of carbonyl (C=O) groups excluding carboxylic acids is 3. The van der Waals surface area contributed by atoms with Crippen molar-refractivity contribution in [3.8, 4) is 22.6 Å². The molecule has 0 aromatic heterocycles. The Morgan fingerprint density at radius 1 is 1.16 bits per heavy atom. The van der Waals surface area contributed by atoms with Crippen molar-refractivity contribution in [2.75, 3.05) is 47.5 Å². The molecular weight excluding hydrogens is 624 g/mol. The first kappa shape index (κ1) is 34.0. The molecule has 2 amide bonds. The topological polar surface area (TPSA) is 130 Å². The third-order valence-electron chi connectivity index (χ3n) is 12.5. The highest BCUT2D eigenvalue weighted by Gasteiger charge is 2.83. The van der Waals surface area contributed by atoms with Crippen LogP contribution in [0, 0.1) is 35.0 Å². The van der Waals surface area contributed by atoms with Crippen molar-refractivity contribution in [3.05, 3.63) is 47.0 Å². The number of amides is 2. The van der Waals surface area contributed by atoms with Crippen molar-refractivity contribution >= 4 is 17.6 Å². The zero-order valence-corrected chi connectivity index (χ0v) is 29.7. The fraction of sp³-hybridized carbons (Fsp3) is 0.605. The quantitative estimate of drug-likeness (QED) is 0.311. The summed E-state index contributed by atoms with van der Waals surface area (Å²) in [7, 11) is 5.51. The number of rotatable bonds is 12. The van der Waals surface area contributed by atoms with Gasteiger partial charge in [-0.2, -0.15) is 5.06 Å². The number of ether oxygens (including phenoxy) is 2. The molecule has 0 bridgehead atoms. The number of hydroxylamine groups is 2. The van der Waals surface area contributed by atoms with Crippen LogP contribution in [-0.4, -0.2) is 97.9 Å². The van der Waals surface area contributed by atoms with Crippen LogP contribution in [0.2, 0.25) is 0 Å². The summed E-state index contributed by atoms with van der Waals surface area (Å²) in [5, 5.41) is 18.2. The monoisotopic (exact) mass is 674 g/mol. The number of likely N-dealkylation sites (N-methyl/N-ethyl adjacent to an activating group) is 1. The predicted octanol–water partition coefficient (Wildman–Crippen LogP) is 3.07. The highest BCUT2D eigenvalue weighted by molar-refractivity contribution is 5.99. The summed E-state index contributed by atoms with van der Waals surface area (Å²) in [6.07, 6.45) is 0.803. The molecule has 2 heterocycles. The maximum absolute atomic E-state index is 14.3. The van der Waals surface area contributed by atoms with E-state index >= 15 is 0 Å². The minimum absolute atomic E-state index is 0.144. The molecule has 1 saturated heterocycles. The van der Waals surface area contributed by atoms with Crippen LogP contribution in [0.15, 0.2) is 30.3 Å². The minimum atomic E-state index is -0.912. The number of aliphatic hydroxyl groups is 1. The number of benzene rings is 2. The summed E-state index contributed by atoms with van der Waals surface area (Å²) in [5.74, 6) is 1.78. The van der Waals surface area contributed by atoms with E-state index in [4.69, 9.17) is 14.3 Å². The molecule has 4 fully saturated rings. The molecule has 8 atom stereocenters. The average molecular weight is 675 g/mol. The molecule has 264 valence electrons. The fourth-order valence-electron chi connectivity index (χ4n) is 10.1. The number of carbonyl (C=O) groups is 3. The van der Waals surface area contributed by atoms with Gasteiger partial charge in [0.15, 0.2) is 0 Å². The summed E-state index contributed by atoms with van der Waals surface area (Å²) in [5.41, 5.74) is 3.82. The van der Waals surface area contributed by atoms with E-state index in [1.165, 1.54) is 6.92 Å². The predicted molar refractivity (Wildman–Crippen MR) is 183 cm³/mol. The van der Waals surface area contributed by atoms with Gasteiger partial charge in [0.2, 0.25) is 5.91 Å². The number of aliphatic hydroxyl groups excluding tert-OH is 1. The standard InChI is InChI=1S/C38H50N4O7/c1-20-30-31-27(37(30,3)4)17-38(20,31)40-36(46)32-29(21(2)44)28(19-43)49-42(32)18-23-9-8-10-25(33(23)47-7)24-15-22-11-14-48-34(22)26(16-24)35(45)39-12-13-41(5)6/h8-10,15-16,20,27-32,43H,11-14,17-19H2,1-7H3,(H,39,45)(H,40,46)/t20-,27-,28-,29+,30+,31?,32-,38+/m0/s1. The van der Waals surface area contributed by atoms with Gasteiger partial charge in [-0.3, -0.25) is 19.2 Å². The Bertz CT molecular complexity index is 1670. The van der Waals surface area contributed by atoms with Crippen LogP contribution in [-0.2, 0) is 27.4 Å². The number of Topliss-reactive ketones (excluding diaryl/α,β-unsaturated/α-hetero) is 1.